The molecule has 0 atom stereocenters. The Morgan fingerprint density at radius 1 is 0.650 bits per heavy atom. The molecule has 0 N–H and O–H groups in total. The smallest absolute Gasteiger partial charge is 0.181 e. The first-order valence-corrected chi connectivity index (χ1v) is 6.43. The molecular formula is C12H2Cl4F4. The van der Waals surface area contributed by atoms with Crippen molar-refractivity contribution >= 4 is 46.4 Å². The molecule has 106 valence electrons. The summed E-state index contributed by atoms with van der Waals surface area (Å²) < 4.78 is 54.5. The van der Waals surface area contributed by atoms with E-state index in [1.807, 2.05) is 0 Å². The Kier molecular flexibility index (Phi) is 4.40. The average molecular weight is 364 g/mol. The van der Waals surface area contributed by atoms with Crippen molar-refractivity contribution in [2.24, 2.45) is 0 Å². The van der Waals surface area contributed by atoms with E-state index < -0.39 is 33.9 Å². The molecule has 0 fully saturated rings. The second-order valence-electron chi connectivity index (χ2n) is 3.69. The molecule has 0 aliphatic carbocycles. The fourth-order valence-corrected chi connectivity index (χ4v) is 2.44. The molecule has 0 bridgehead atoms. The van der Waals surface area contributed by atoms with Gasteiger partial charge in [0.25, 0.3) is 0 Å². The van der Waals surface area contributed by atoms with Gasteiger partial charge in [0, 0.05) is 10.6 Å². The van der Waals surface area contributed by atoms with Gasteiger partial charge in [-0.25, -0.2) is 17.6 Å². The standard InChI is InChI=1S/C12H2Cl4F4/c13-3-1-4(7(15)5(14)2-3)6-9(17)11(19)8(16)12(20)10(6)18/h1-2H. The van der Waals surface area contributed by atoms with Crippen LogP contribution in [0, 0.1) is 23.3 Å². The molecule has 0 nitrogen and oxygen atoms in total. The highest BCUT2D eigenvalue weighted by Gasteiger charge is 2.27. The van der Waals surface area contributed by atoms with Crippen LogP contribution in [0.3, 0.4) is 0 Å². The Labute approximate surface area is 130 Å². The van der Waals surface area contributed by atoms with Crippen molar-refractivity contribution in [1.29, 1.82) is 0 Å². The lowest BCUT2D eigenvalue weighted by Gasteiger charge is -2.11. The summed E-state index contributed by atoms with van der Waals surface area (Å²) in [6.45, 7) is 0. The molecule has 0 unspecified atom stereocenters. The summed E-state index contributed by atoms with van der Waals surface area (Å²) in [7, 11) is 0. The van der Waals surface area contributed by atoms with Crippen molar-refractivity contribution in [1.82, 2.24) is 0 Å². The molecule has 0 spiro atoms. The Hall–Kier alpha value is -0.680. The van der Waals surface area contributed by atoms with Crippen molar-refractivity contribution in [3.05, 3.63) is 55.5 Å². The third-order valence-corrected chi connectivity index (χ3v) is 3.82. The molecule has 2 aromatic carbocycles. The topological polar surface area (TPSA) is 0 Å². The van der Waals surface area contributed by atoms with E-state index in [9.17, 15) is 17.6 Å². The summed E-state index contributed by atoms with van der Waals surface area (Å²) in [5, 5.41) is -1.71. The molecule has 0 radical (unpaired) electrons. The third-order valence-electron chi connectivity index (χ3n) is 2.47. The molecule has 8 heteroatoms. The van der Waals surface area contributed by atoms with Gasteiger partial charge in [-0.3, -0.25) is 0 Å². The molecule has 2 aromatic rings. The number of benzene rings is 2. The van der Waals surface area contributed by atoms with Crippen molar-refractivity contribution in [3.63, 3.8) is 0 Å². The van der Waals surface area contributed by atoms with Crippen LogP contribution < -0.4 is 0 Å². The largest absolute Gasteiger partial charge is 0.203 e. The Balaban J connectivity index is 2.91. The zero-order valence-electron chi connectivity index (χ0n) is 9.18. The minimum Gasteiger partial charge on any atom is -0.203 e. The Morgan fingerprint density at radius 2 is 1.15 bits per heavy atom. The molecule has 0 saturated carbocycles. The summed E-state index contributed by atoms with van der Waals surface area (Å²) in [6.07, 6.45) is 0. The Bertz CT molecular complexity index is 686. The highest BCUT2D eigenvalue weighted by Crippen LogP contribution is 2.41. The van der Waals surface area contributed by atoms with Crippen LogP contribution in [-0.2, 0) is 0 Å². The molecule has 20 heavy (non-hydrogen) atoms. The lowest BCUT2D eigenvalue weighted by molar-refractivity contribution is 0.459. The van der Waals surface area contributed by atoms with Crippen LogP contribution in [0.1, 0.15) is 0 Å². The van der Waals surface area contributed by atoms with Gasteiger partial charge in [0.05, 0.1) is 15.6 Å². The minimum absolute atomic E-state index is 0.0102. The lowest BCUT2D eigenvalue weighted by atomic mass is 10.0. The predicted octanol–water partition coefficient (Wildman–Crippen LogP) is 6.52. The van der Waals surface area contributed by atoms with Crippen LogP contribution >= 0.6 is 46.4 Å². The number of rotatable bonds is 1. The van der Waals surface area contributed by atoms with Gasteiger partial charge in [-0.2, -0.15) is 0 Å². The summed E-state index contributed by atoms with van der Waals surface area (Å²) in [5.74, 6) is -6.83. The summed E-state index contributed by atoms with van der Waals surface area (Å²) in [4.78, 5) is 0. The first-order chi connectivity index (χ1) is 9.25. The second-order valence-corrected chi connectivity index (χ2v) is 5.29. The fourth-order valence-electron chi connectivity index (χ4n) is 1.58. The fraction of sp³-hybridized carbons (Fsp3) is 0. The molecule has 0 aliphatic heterocycles. The van der Waals surface area contributed by atoms with E-state index in [0.717, 1.165) is 6.07 Å². The molecule has 0 aliphatic rings. The highest BCUT2D eigenvalue weighted by molar-refractivity contribution is 6.45. The van der Waals surface area contributed by atoms with E-state index >= 15 is 0 Å². The average Bonchev–Trinajstić information content (AvgIpc) is 2.39. The number of hydrogen-bond donors (Lipinski definition) is 0. The predicted molar refractivity (Wildman–Crippen MR) is 71.8 cm³/mol. The molecule has 0 saturated heterocycles. The van der Waals surface area contributed by atoms with Crippen LogP contribution in [0.25, 0.3) is 11.1 Å². The van der Waals surface area contributed by atoms with Gasteiger partial charge in [-0.1, -0.05) is 46.4 Å². The van der Waals surface area contributed by atoms with E-state index in [1.54, 1.807) is 0 Å². The zero-order valence-corrected chi connectivity index (χ0v) is 12.2. The van der Waals surface area contributed by atoms with Crippen LogP contribution in [0.15, 0.2) is 12.1 Å². The number of halogens is 8. The van der Waals surface area contributed by atoms with Gasteiger partial charge in [-0.05, 0) is 12.1 Å². The second kappa shape index (κ2) is 5.60. The lowest BCUT2D eigenvalue weighted by Crippen LogP contribution is -2.01. The van der Waals surface area contributed by atoms with E-state index in [1.165, 1.54) is 6.07 Å². The van der Waals surface area contributed by atoms with Crippen LogP contribution in [0.4, 0.5) is 17.6 Å². The molecule has 0 amide bonds. The van der Waals surface area contributed by atoms with Gasteiger partial charge in [-0.15, -0.1) is 0 Å². The quantitative estimate of drug-likeness (QED) is 0.307. The number of hydrogen-bond acceptors (Lipinski definition) is 0. The van der Waals surface area contributed by atoms with E-state index in [0.29, 0.717) is 0 Å². The minimum atomic E-state index is -1.73. The third kappa shape index (κ3) is 2.46. The normalized spacial score (nSPS) is 11.0. The maximum atomic E-state index is 13.8. The highest BCUT2D eigenvalue weighted by atomic mass is 35.5. The van der Waals surface area contributed by atoms with Gasteiger partial charge in [0.2, 0.25) is 0 Å². The monoisotopic (exact) mass is 362 g/mol. The summed E-state index contributed by atoms with van der Waals surface area (Å²) >= 11 is 22.3. The Morgan fingerprint density at radius 3 is 1.65 bits per heavy atom. The van der Waals surface area contributed by atoms with E-state index in [4.69, 9.17) is 46.4 Å². The van der Waals surface area contributed by atoms with Crippen LogP contribution in [0.2, 0.25) is 20.1 Å². The van der Waals surface area contributed by atoms with Crippen molar-refractivity contribution in [2.45, 2.75) is 0 Å². The van der Waals surface area contributed by atoms with Crippen LogP contribution in [0.5, 0.6) is 0 Å². The SMILES string of the molecule is Fc1c(F)c(-c2cc(Cl)cc(Cl)c2Cl)c(F)c(F)c1Cl. The molecule has 0 heterocycles. The van der Waals surface area contributed by atoms with E-state index in [-0.39, 0.29) is 20.6 Å². The van der Waals surface area contributed by atoms with Crippen molar-refractivity contribution in [3.8, 4) is 11.1 Å². The maximum absolute atomic E-state index is 13.8. The van der Waals surface area contributed by atoms with E-state index in [2.05, 4.69) is 0 Å². The first kappa shape index (κ1) is 15.7. The van der Waals surface area contributed by atoms with Crippen LogP contribution in [-0.4, -0.2) is 0 Å². The molecule has 2 rings (SSSR count). The van der Waals surface area contributed by atoms with Gasteiger partial charge in [0.1, 0.15) is 5.02 Å². The van der Waals surface area contributed by atoms with Crippen molar-refractivity contribution in [2.75, 3.05) is 0 Å². The van der Waals surface area contributed by atoms with Gasteiger partial charge in [0.15, 0.2) is 23.3 Å². The zero-order chi connectivity index (χ0) is 15.2. The van der Waals surface area contributed by atoms with Gasteiger partial charge >= 0.3 is 0 Å². The summed E-state index contributed by atoms with van der Waals surface area (Å²) in [6, 6.07) is 2.25. The first-order valence-electron chi connectivity index (χ1n) is 4.92. The molecule has 0 aromatic heterocycles. The van der Waals surface area contributed by atoms with Gasteiger partial charge < -0.3 is 0 Å². The molecular weight excluding hydrogens is 362 g/mol. The summed E-state index contributed by atoms with van der Waals surface area (Å²) in [5.41, 5.74) is -1.41. The maximum Gasteiger partial charge on any atom is 0.181 e. The van der Waals surface area contributed by atoms with Crippen molar-refractivity contribution < 1.29 is 17.6 Å².